The maximum atomic E-state index is 12.3. The van der Waals surface area contributed by atoms with Crippen molar-refractivity contribution in [2.45, 2.75) is 12.5 Å². The first-order valence-electron chi connectivity index (χ1n) is 5.84. The van der Waals surface area contributed by atoms with Crippen LogP contribution in [0, 0.1) is 11.3 Å². The Hall–Kier alpha value is -1.86. The van der Waals surface area contributed by atoms with E-state index >= 15 is 0 Å². The largest absolute Gasteiger partial charge is 0.333 e. The van der Waals surface area contributed by atoms with Crippen LogP contribution in [0.3, 0.4) is 0 Å². The second kappa shape index (κ2) is 3.86. The van der Waals surface area contributed by atoms with E-state index < -0.39 is 0 Å². The van der Waals surface area contributed by atoms with E-state index in [1.165, 1.54) is 0 Å². The molecule has 0 bridgehead atoms. The smallest absolute Gasteiger partial charge is 0.254 e. The third-order valence-corrected chi connectivity index (χ3v) is 3.54. The van der Waals surface area contributed by atoms with Crippen molar-refractivity contribution in [3.8, 4) is 6.07 Å². The van der Waals surface area contributed by atoms with Gasteiger partial charge in [0.1, 0.15) is 0 Å². The average Bonchev–Trinajstić information content (AvgIpc) is 2.39. The zero-order chi connectivity index (χ0) is 11.8. The Morgan fingerprint density at radius 2 is 2.35 bits per heavy atom. The fourth-order valence-electron chi connectivity index (χ4n) is 2.64. The standard InChI is InChI=1S/C13H13N3O/c14-7-9-1-2-10-6-11-8-15-3-4-16(11)13(17)12(10)5-9/h1-2,5,11,15H,3-4,6,8H2/t11-/m1/s1. The summed E-state index contributed by atoms with van der Waals surface area (Å²) in [6.45, 7) is 2.49. The van der Waals surface area contributed by atoms with Crippen molar-refractivity contribution < 1.29 is 4.79 Å². The molecule has 2 heterocycles. The SMILES string of the molecule is N#Cc1ccc2c(c1)C(=O)N1CCNC[C@H]1C2. The first-order chi connectivity index (χ1) is 8.29. The number of fused-ring (bicyclic) bond motifs is 2. The Balaban J connectivity index is 2.04. The topological polar surface area (TPSA) is 56.1 Å². The molecule has 1 saturated heterocycles. The summed E-state index contributed by atoms with van der Waals surface area (Å²) in [4.78, 5) is 14.2. The van der Waals surface area contributed by atoms with Crippen LogP contribution in [0.5, 0.6) is 0 Å². The Morgan fingerprint density at radius 1 is 1.47 bits per heavy atom. The van der Waals surface area contributed by atoms with Gasteiger partial charge in [0.05, 0.1) is 11.6 Å². The lowest BCUT2D eigenvalue weighted by Gasteiger charge is -2.40. The molecule has 1 aromatic carbocycles. The summed E-state index contributed by atoms with van der Waals surface area (Å²) in [5, 5.41) is 12.2. The van der Waals surface area contributed by atoms with Gasteiger partial charge in [0.2, 0.25) is 0 Å². The van der Waals surface area contributed by atoms with Crippen molar-refractivity contribution in [2.75, 3.05) is 19.6 Å². The molecule has 0 aromatic heterocycles. The highest BCUT2D eigenvalue weighted by Gasteiger charge is 2.33. The Kier molecular flexibility index (Phi) is 2.34. The van der Waals surface area contributed by atoms with Crippen molar-refractivity contribution in [1.82, 2.24) is 10.2 Å². The maximum Gasteiger partial charge on any atom is 0.254 e. The van der Waals surface area contributed by atoms with E-state index in [1.54, 1.807) is 12.1 Å². The normalized spacial score (nSPS) is 22.6. The van der Waals surface area contributed by atoms with Gasteiger partial charge in [-0.2, -0.15) is 5.26 Å². The first-order valence-corrected chi connectivity index (χ1v) is 5.84. The van der Waals surface area contributed by atoms with Gasteiger partial charge in [0.25, 0.3) is 5.91 Å². The second-order valence-electron chi connectivity index (χ2n) is 4.54. The molecule has 1 N–H and O–H groups in total. The van der Waals surface area contributed by atoms with E-state index in [2.05, 4.69) is 11.4 Å². The number of hydrogen-bond donors (Lipinski definition) is 1. The lowest BCUT2D eigenvalue weighted by molar-refractivity contribution is 0.0606. The van der Waals surface area contributed by atoms with Crippen LogP contribution in [0.2, 0.25) is 0 Å². The van der Waals surface area contributed by atoms with E-state index in [-0.39, 0.29) is 11.9 Å². The molecule has 0 radical (unpaired) electrons. The summed E-state index contributed by atoms with van der Waals surface area (Å²) in [5.41, 5.74) is 2.34. The molecule has 17 heavy (non-hydrogen) atoms. The van der Waals surface area contributed by atoms with Crippen LogP contribution in [0.1, 0.15) is 21.5 Å². The van der Waals surface area contributed by atoms with Gasteiger partial charge in [-0.25, -0.2) is 0 Å². The van der Waals surface area contributed by atoms with Crippen LogP contribution in [-0.4, -0.2) is 36.5 Å². The van der Waals surface area contributed by atoms with Crippen LogP contribution >= 0.6 is 0 Å². The van der Waals surface area contributed by atoms with Gasteiger partial charge in [-0.1, -0.05) is 6.07 Å². The van der Waals surface area contributed by atoms with Crippen molar-refractivity contribution in [3.63, 3.8) is 0 Å². The number of benzene rings is 1. The van der Waals surface area contributed by atoms with E-state index in [4.69, 9.17) is 5.26 Å². The predicted octanol–water partition coefficient (Wildman–Crippen LogP) is 0.528. The number of nitriles is 1. The molecular weight excluding hydrogens is 214 g/mol. The number of rotatable bonds is 0. The first kappa shape index (κ1) is 10.3. The summed E-state index contributed by atoms with van der Waals surface area (Å²) >= 11 is 0. The highest BCUT2D eigenvalue weighted by atomic mass is 16.2. The predicted molar refractivity (Wildman–Crippen MR) is 62.6 cm³/mol. The number of amides is 1. The molecule has 4 nitrogen and oxygen atoms in total. The van der Waals surface area contributed by atoms with Crippen molar-refractivity contribution in [1.29, 1.82) is 5.26 Å². The zero-order valence-corrected chi connectivity index (χ0v) is 9.44. The average molecular weight is 227 g/mol. The molecule has 86 valence electrons. The van der Waals surface area contributed by atoms with Crippen LogP contribution in [0.15, 0.2) is 18.2 Å². The zero-order valence-electron chi connectivity index (χ0n) is 9.44. The molecule has 4 heteroatoms. The molecule has 1 amide bonds. The van der Waals surface area contributed by atoms with Crippen LogP contribution in [-0.2, 0) is 6.42 Å². The number of hydrogen-bond acceptors (Lipinski definition) is 3. The van der Waals surface area contributed by atoms with E-state index in [1.807, 2.05) is 11.0 Å². The van der Waals surface area contributed by atoms with Gasteiger partial charge in [-0.05, 0) is 24.1 Å². The minimum atomic E-state index is 0.0786. The molecule has 1 fully saturated rings. The summed E-state index contributed by atoms with van der Waals surface area (Å²) < 4.78 is 0. The third kappa shape index (κ3) is 1.60. The third-order valence-electron chi connectivity index (χ3n) is 3.54. The Labute approximate surface area is 99.8 Å². The minimum Gasteiger partial charge on any atom is -0.333 e. The summed E-state index contributed by atoms with van der Waals surface area (Å²) in [6, 6.07) is 7.78. The van der Waals surface area contributed by atoms with Gasteiger partial charge >= 0.3 is 0 Å². The molecule has 1 atom stereocenters. The highest BCUT2D eigenvalue weighted by molar-refractivity contribution is 5.97. The van der Waals surface area contributed by atoms with Crippen LogP contribution < -0.4 is 5.32 Å². The van der Waals surface area contributed by atoms with Gasteiger partial charge in [-0.3, -0.25) is 4.79 Å². The van der Waals surface area contributed by atoms with Gasteiger partial charge in [-0.15, -0.1) is 0 Å². The molecule has 0 spiro atoms. The fourth-order valence-corrected chi connectivity index (χ4v) is 2.64. The Bertz CT molecular complexity index is 518. The van der Waals surface area contributed by atoms with E-state index in [0.717, 1.165) is 31.6 Å². The van der Waals surface area contributed by atoms with Crippen molar-refractivity contribution in [2.24, 2.45) is 0 Å². The van der Waals surface area contributed by atoms with E-state index in [0.29, 0.717) is 11.1 Å². The minimum absolute atomic E-state index is 0.0786. The van der Waals surface area contributed by atoms with E-state index in [9.17, 15) is 4.79 Å². The highest BCUT2D eigenvalue weighted by Crippen LogP contribution is 2.25. The molecule has 0 unspecified atom stereocenters. The number of nitrogens with zero attached hydrogens (tertiary/aromatic N) is 2. The van der Waals surface area contributed by atoms with Gasteiger partial charge in [0.15, 0.2) is 0 Å². The quantitative estimate of drug-likeness (QED) is 0.703. The second-order valence-corrected chi connectivity index (χ2v) is 4.54. The fraction of sp³-hybridized carbons (Fsp3) is 0.385. The molecule has 1 aromatic rings. The number of piperazine rings is 1. The molecule has 0 saturated carbocycles. The lowest BCUT2D eigenvalue weighted by Crippen LogP contribution is -2.56. The van der Waals surface area contributed by atoms with Crippen LogP contribution in [0.4, 0.5) is 0 Å². The molecule has 3 rings (SSSR count). The number of nitrogens with one attached hydrogen (secondary N) is 1. The van der Waals surface area contributed by atoms with Gasteiger partial charge < -0.3 is 10.2 Å². The maximum absolute atomic E-state index is 12.3. The number of carbonyl (C=O) groups excluding carboxylic acids is 1. The van der Waals surface area contributed by atoms with Crippen LogP contribution in [0.25, 0.3) is 0 Å². The number of carbonyl (C=O) groups is 1. The summed E-state index contributed by atoms with van der Waals surface area (Å²) in [7, 11) is 0. The monoisotopic (exact) mass is 227 g/mol. The lowest BCUT2D eigenvalue weighted by atomic mass is 9.91. The van der Waals surface area contributed by atoms with Crippen molar-refractivity contribution in [3.05, 3.63) is 34.9 Å². The molecular formula is C13H13N3O. The molecule has 2 aliphatic heterocycles. The molecule has 0 aliphatic carbocycles. The van der Waals surface area contributed by atoms with Crippen molar-refractivity contribution >= 4 is 5.91 Å². The van der Waals surface area contributed by atoms with Gasteiger partial charge in [0, 0.05) is 31.2 Å². The summed E-state index contributed by atoms with van der Waals surface area (Å²) in [5.74, 6) is 0.0786. The summed E-state index contributed by atoms with van der Waals surface area (Å²) in [6.07, 6.45) is 0.889. The Morgan fingerprint density at radius 3 is 3.18 bits per heavy atom. The molecule has 2 aliphatic rings.